The van der Waals surface area contributed by atoms with Crippen molar-refractivity contribution in [3.63, 3.8) is 0 Å². The van der Waals surface area contributed by atoms with Crippen molar-refractivity contribution in [3.8, 4) is 0 Å². The predicted molar refractivity (Wildman–Crippen MR) is 100 cm³/mol. The zero-order valence-corrected chi connectivity index (χ0v) is 16.3. The summed E-state index contributed by atoms with van der Waals surface area (Å²) in [5.74, 6) is 0.242. The number of carbonyl (C=O) groups excluding carboxylic acids is 1. The standard InChI is InChI=1S/C20H27N5O2/c1-12-6-19-21-8-16-17-5-4-15(7-18(16)25(19)22-12)24(17)20(26)11-23-9-13(2)27-14(3)10-23/h6,8,13-15,17H,4-5,7,9-11H2,1-3H3/t13-,14+,15-,17+/m0/s1. The molecule has 3 aliphatic rings. The first-order chi connectivity index (χ1) is 13.0. The summed E-state index contributed by atoms with van der Waals surface area (Å²) in [6.07, 6.45) is 5.28. The van der Waals surface area contributed by atoms with Gasteiger partial charge in [0.15, 0.2) is 5.65 Å². The second-order valence-corrected chi connectivity index (χ2v) is 8.42. The number of carbonyl (C=O) groups is 1. The summed E-state index contributed by atoms with van der Waals surface area (Å²) in [4.78, 5) is 22.2. The van der Waals surface area contributed by atoms with Crippen molar-refractivity contribution in [1.29, 1.82) is 0 Å². The van der Waals surface area contributed by atoms with Gasteiger partial charge in [0.05, 0.1) is 36.2 Å². The van der Waals surface area contributed by atoms with Crippen LogP contribution >= 0.6 is 0 Å². The molecular formula is C20H27N5O2. The molecule has 5 heterocycles. The molecule has 1 amide bonds. The molecule has 27 heavy (non-hydrogen) atoms. The van der Waals surface area contributed by atoms with Gasteiger partial charge in [0.1, 0.15) is 0 Å². The Morgan fingerprint density at radius 3 is 2.81 bits per heavy atom. The third-order valence-electron chi connectivity index (χ3n) is 6.17. The fourth-order valence-electron chi connectivity index (χ4n) is 5.27. The van der Waals surface area contributed by atoms with Crippen LogP contribution in [0.5, 0.6) is 0 Å². The highest BCUT2D eigenvalue weighted by molar-refractivity contribution is 5.80. The quantitative estimate of drug-likeness (QED) is 0.807. The number of nitrogens with zero attached hydrogens (tertiary/aromatic N) is 5. The Labute approximate surface area is 159 Å². The molecule has 0 saturated carbocycles. The number of aromatic nitrogens is 3. The molecule has 0 unspecified atom stereocenters. The van der Waals surface area contributed by atoms with Crippen molar-refractivity contribution in [3.05, 3.63) is 29.2 Å². The molecule has 0 aromatic carbocycles. The van der Waals surface area contributed by atoms with Crippen LogP contribution in [0, 0.1) is 6.92 Å². The van der Waals surface area contributed by atoms with E-state index in [1.807, 2.05) is 23.7 Å². The van der Waals surface area contributed by atoms with Crippen LogP contribution in [0.4, 0.5) is 0 Å². The molecule has 2 fully saturated rings. The predicted octanol–water partition coefficient (Wildman–Crippen LogP) is 1.74. The monoisotopic (exact) mass is 369 g/mol. The van der Waals surface area contributed by atoms with E-state index in [0.717, 1.165) is 43.7 Å². The first kappa shape index (κ1) is 17.1. The van der Waals surface area contributed by atoms with Crippen LogP contribution in [-0.4, -0.2) is 68.2 Å². The lowest BCUT2D eigenvalue weighted by atomic mass is 9.99. The summed E-state index contributed by atoms with van der Waals surface area (Å²) in [6.45, 7) is 8.29. The molecule has 7 nitrogen and oxygen atoms in total. The average Bonchev–Trinajstić information content (AvgIpc) is 3.13. The van der Waals surface area contributed by atoms with Crippen LogP contribution in [0.1, 0.15) is 49.7 Å². The minimum absolute atomic E-state index is 0.142. The summed E-state index contributed by atoms with van der Waals surface area (Å²) < 4.78 is 7.79. The van der Waals surface area contributed by atoms with E-state index in [-0.39, 0.29) is 30.2 Å². The lowest BCUT2D eigenvalue weighted by Gasteiger charge is -2.39. The molecule has 2 saturated heterocycles. The van der Waals surface area contributed by atoms with Gasteiger partial charge in [0.2, 0.25) is 5.91 Å². The molecule has 2 aromatic rings. The normalized spacial score (nSPS) is 30.7. The minimum atomic E-state index is 0.142. The minimum Gasteiger partial charge on any atom is -0.373 e. The molecule has 5 rings (SSSR count). The van der Waals surface area contributed by atoms with Crippen molar-refractivity contribution < 1.29 is 9.53 Å². The van der Waals surface area contributed by atoms with E-state index in [1.165, 1.54) is 11.3 Å². The average molecular weight is 369 g/mol. The molecule has 144 valence electrons. The summed E-state index contributed by atoms with van der Waals surface area (Å²) in [7, 11) is 0. The van der Waals surface area contributed by atoms with Gasteiger partial charge in [-0.05, 0) is 33.6 Å². The number of hydrogen-bond donors (Lipinski definition) is 0. The van der Waals surface area contributed by atoms with Gasteiger partial charge in [-0.2, -0.15) is 5.10 Å². The summed E-state index contributed by atoms with van der Waals surface area (Å²) in [5.41, 5.74) is 4.30. The van der Waals surface area contributed by atoms with Gasteiger partial charge < -0.3 is 9.64 Å². The van der Waals surface area contributed by atoms with Crippen molar-refractivity contribution >= 4 is 11.6 Å². The zero-order valence-electron chi connectivity index (χ0n) is 16.3. The van der Waals surface area contributed by atoms with E-state index in [9.17, 15) is 4.79 Å². The van der Waals surface area contributed by atoms with Crippen molar-refractivity contribution in [2.75, 3.05) is 19.6 Å². The number of rotatable bonds is 2. The molecular weight excluding hydrogens is 342 g/mol. The van der Waals surface area contributed by atoms with Crippen LogP contribution in [0.2, 0.25) is 0 Å². The highest BCUT2D eigenvalue weighted by Gasteiger charge is 2.44. The van der Waals surface area contributed by atoms with Crippen molar-refractivity contribution in [2.45, 2.75) is 64.3 Å². The Kier molecular flexibility index (Phi) is 3.98. The van der Waals surface area contributed by atoms with Crippen molar-refractivity contribution in [1.82, 2.24) is 24.4 Å². The smallest absolute Gasteiger partial charge is 0.237 e. The number of hydrogen-bond acceptors (Lipinski definition) is 5. The largest absolute Gasteiger partial charge is 0.373 e. The maximum absolute atomic E-state index is 13.2. The Hall–Kier alpha value is -1.99. The molecule has 7 heteroatoms. The Morgan fingerprint density at radius 1 is 1.26 bits per heavy atom. The molecule has 0 N–H and O–H groups in total. The fraction of sp³-hybridized carbons (Fsp3) is 0.650. The first-order valence-corrected chi connectivity index (χ1v) is 10.0. The van der Waals surface area contributed by atoms with Gasteiger partial charge in [0.25, 0.3) is 0 Å². The van der Waals surface area contributed by atoms with Crippen LogP contribution in [-0.2, 0) is 16.0 Å². The van der Waals surface area contributed by atoms with Gasteiger partial charge in [-0.25, -0.2) is 9.50 Å². The Morgan fingerprint density at radius 2 is 2.04 bits per heavy atom. The van der Waals surface area contributed by atoms with Crippen LogP contribution in [0.15, 0.2) is 12.3 Å². The number of fused-ring (bicyclic) bond motifs is 6. The van der Waals surface area contributed by atoms with Gasteiger partial charge in [0, 0.05) is 43.4 Å². The van der Waals surface area contributed by atoms with Crippen molar-refractivity contribution in [2.24, 2.45) is 0 Å². The summed E-state index contributed by atoms with van der Waals surface area (Å²) in [5, 5.41) is 4.63. The van der Waals surface area contributed by atoms with Gasteiger partial charge >= 0.3 is 0 Å². The van der Waals surface area contributed by atoms with E-state index < -0.39 is 0 Å². The highest BCUT2D eigenvalue weighted by Crippen LogP contribution is 2.43. The highest BCUT2D eigenvalue weighted by atomic mass is 16.5. The third-order valence-corrected chi connectivity index (χ3v) is 6.17. The van der Waals surface area contributed by atoms with E-state index in [2.05, 4.69) is 33.7 Å². The van der Waals surface area contributed by atoms with Crippen LogP contribution < -0.4 is 0 Å². The van der Waals surface area contributed by atoms with E-state index in [4.69, 9.17) is 4.74 Å². The van der Waals surface area contributed by atoms with Gasteiger partial charge in [-0.1, -0.05) is 0 Å². The lowest BCUT2D eigenvalue weighted by molar-refractivity contribution is -0.139. The number of ether oxygens (including phenoxy) is 1. The van der Waals surface area contributed by atoms with Crippen LogP contribution in [0.3, 0.4) is 0 Å². The second-order valence-electron chi connectivity index (χ2n) is 8.42. The molecule has 2 bridgehead atoms. The Balaban J connectivity index is 1.41. The number of aryl methyl sites for hydroxylation is 1. The zero-order chi connectivity index (χ0) is 18.7. The molecule has 2 aromatic heterocycles. The van der Waals surface area contributed by atoms with E-state index >= 15 is 0 Å². The molecule has 4 atom stereocenters. The molecule has 3 aliphatic heterocycles. The third kappa shape index (κ3) is 2.84. The maximum Gasteiger partial charge on any atom is 0.237 e. The van der Waals surface area contributed by atoms with Crippen LogP contribution in [0.25, 0.3) is 5.65 Å². The number of morpholine rings is 1. The summed E-state index contributed by atoms with van der Waals surface area (Å²) >= 11 is 0. The van der Waals surface area contributed by atoms with E-state index in [1.54, 1.807) is 0 Å². The molecule has 0 radical (unpaired) electrons. The Bertz CT molecular complexity index is 884. The maximum atomic E-state index is 13.2. The number of amides is 1. The summed E-state index contributed by atoms with van der Waals surface area (Å²) in [6, 6.07) is 2.44. The second kappa shape index (κ2) is 6.27. The molecule has 0 spiro atoms. The lowest BCUT2D eigenvalue weighted by Crippen LogP contribution is -2.52. The van der Waals surface area contributed by atoms with Gasteiger partial charge in [-0.3, -0.25) is 9.69 Å². The molecule has 0 aliphatic carbocycles. The van der Waals surface area contributed by atoms with E-state index in [0.29, 0.717) is 6.54 Å². The topological polar surface area (TPSA) is 63.0 Å². The SMILES string of the molecule is Cc1cc2ncc3c(n2n1)C[C@@H]1CC[C@H]3N1C(=O)CN1C[C@@H](C)O[C@@H](C)C1. The fourth-order valence-corrected chi connectivity index (χ4v) is 5.27. The first-order valence-electron chi connectivity index (χ1n) is 10.0. The van der Waals surface area contributed by atoms with Gasteiger partial charge in [-0.15, -0.1) is 0 Å².